The molecule has 8 nitrogen and oxygen atoms in total. The number of piperazine rings is 1. The molecule has 1 aromatic heterocycles. The van der Waals surface area contributed by atoms with Gasteiger partial charge in [0.05, 0.1) is 27.8 Å². The summed E-state index contributed by atoms with van der Waals surface area (Å²) in [7, 11) is 0. The fourth-order valence-electron chi connectivity index (χ4n) is 11.6. The second-order valence-corrected chi connectivity index (χ2v) is 17.0. The lowest BCUT2D eigenvalue weighted by Gasteiger charge is -2.56. The number of hydrogen-bond donors (Lipinski definition) is 1. The number of H-pyrrole nitrogens is 1. The Morgan fingerprint density at radius 3 is 2.56 bits per heavy atom. The fraction of sp³-hybridized carbons (Fsp3) is 0.628. The van der Waals surface area contributed by atoms with Gasteiger partial charge in [-0.15, -0.1) is 0 Å². The Hall–Kier alpha value is -3.59. The number of amides is 2. The summed E-state index contributed by atoms with van der Waals surface area (Å²) >= 11 is 0. The van der Waals surface area contributed by atoms with Crippen molar-refractivity contribution in [1.29, 1.82) is 0 Å². The van der Waals surface area contributed by atoms with Crippen LogP contribution in [0.3, 0.4) is 0 Å². The predicted octanol–water partition coefficient (Wildman–Crippen LogP) is 7.82. The van der Waals surface area contributed by atoms with E-state index in [1.54, 1.807) is 29.2 Å². The summed E-state index contributed by atoms with van der Waals surface area (Å²) in [6.07, 6.45) is 16.9. The van der Waals surface area contributed by atoms with Crippen LogP contribution < -0.4 is 5.56 Å². The van der Waals surface area contributed by atoms with Gasteiger partial charge in [-0.1, -0.05) is 57.4 Å². The largest absolute Gasteiger partial charge is 0.363 e. The van der Waals surface area contributed by atoms with Crippen LogP contribution >= 0.6 is 0 Å². The van der Waals surface area contributed by atoms with Gasteiger partial charge in [-0.2, -0.15) is 5.10 Å². The standard InChI is InChI=1S/C43H55FN4O4/c1-3-18-42(43(52-42)21-17-35-30(28-43)14-15-31-9-6-7-19-41(31,35)2)20-8-12-38(49)47-22-24-48(25-23-47)40(51)34-26-29(13-16-36(34)44)27-37-32-10-4-5-11-33(32)39(50)46-45-37/h4-5,10-11,13,16,26,30-31,35H,3,6-9,12,14-15,17-25,27-28H2,1-2H3,(H,46,50)/t30-,31?,35?,41-,42+,43+/m0/s1. The van der Waals surface area contributed by atoms with Gasteiger partial charge < -0.3 is 14.5 Å². The highest BCUT2D eigenvalue weighted by Crippen LogP contribution is 2.68. The highest BCUT2D eigenvalue weighted by Gasteiger charge is 2.70. The number of carbonyl (C=O) groups excluding carboxylic acids is 2. The summed E-state index contributed by atoms with van der Waals surface area (Å²) in [5, 5.41) is 8.05. The summed E-state index contributed by atoms with van der Waals surface area (Å²) in [6, 6.07) is 11.8. The van der Waals surface area contributed by atoms with Gasteiger partial charge in [-0.3, -0.25) is 14.4 Å². The quantitative estimate of drug-likeness (QED) is 0.229. The van der Waals surface area contributed by atoms with Crippen LogP contribution in [0.15, 0.2) is 47.3 Å². The Morgan fingerprint density at radius 1 is 0.962 bits per heavy atom. The number of epoxide rings is 1. The van der Waals surface area contributed by atoms with Gasteiger partial charge in [0.15, 0.2) is 0 Å². The van der Waals surface area contributed by atoms with Crippen LogP contribution in [0.2, 0.25) is 0 Å². The molecule has 0 bridgehead atoms. The number of ether oxygens (including phenoxy) is 1. The number of carbonyl (C=O) groups is 2. The van der Waals surface area contributed by atoms with Crippen LogP contribution in [0.5, 0.6) is 0 Å². The van der Waals surface area contributed by atoms with E-state index in [1.807, 2.05) is 17.0 Å². The van der Waals surface area contributed by atoms with E-state index in [2.05, 4.69) is 24.0 Å². The van der Waals surface area contributed by atoms with E-state index in [-0.39, 0.29) is 34.1 Å². The van der Waals surface area contributed by atoms with Crippen molar-refractivity contribution in [2.75, 3.05) is 26.2 Å². The molecule has 6 atom stereocenters. The van der Waals surface area contributed by atoms with E-state index in [1.165, 1.54) is 63.9 Å². The van der Waals surface area contributed by atoms with Gasteiger partial charge in [0.25, 0.3) is 11.5 Å². The molecule has 2 aliphatic heterocycles. The number of halogens is 1. The molecule has 1 spiro atoms. The van der Waals surface area contributed by atoms with Crippen molar-refractivity contribution in [3.05, 3.63) is 75.5 Å². The molecule has 3 heterocycles. The van der Waals surface area contributed by atoms with Gasteiger partial charge in [0.2, 0.25) is 5.91 Å². The normalized spacial score (nSPS) is 31.3. The van der Waals surface area contributed by atoms with E-state index >= 15 is 4.39 Å². The van der Waals surface area contributed by atoms with Gasteiger partial charge in [-0.05, 0) is 111 Å². The van der Waals surface area contributed by atoms with E-state index in [4.69, 9.17) is 4.74 Å². The third-order valence-electron chi connectivity index (χ3n) is 14.3. The van der Waals surface area contributed by atoms with Crippen molar-refractivity contribution < 1.29 is 18.7 Å². The number of nitrogens with zero attached hydrogens (tertiary/aromatic N) is 3. The van der Waals surface area contributed by atoms with E-state index < -0.39 is 5.82 Å². The van der Waals surface area contributed by atoms with Crippen molar-refractivity contribution in [3.63, 3.8) is 0 Å². The van der Waals surface area contributed by atoms with Crippen LogP contribution in [0.25, 0.3) is 10.8 Å². The molecule has 5 fully saturated rings. The van der Waals surface area contributed by atoms with Crippen LogP contribution in [-0.4, -0.2) is 69.2 Å². The zero-order valence-electron chi connectivity index (χ0n) is 31.1. The molecule has 2 amide bonds. The lowest BCUT2D eigenvalue weighted by Crippen LogP contribution is -2.50. The van der Waals surface area contributed by atoms with Crippen LogP contribution in [0.1, 0.15) is 125 Å². The fourth-order valence-corrected chi connectivity index (χ4v) is 11.6. The number of rotatable bonds is 9. The zero-order chi connectivity index (χ0) is 36.1. The minimum absolute atomic E-state index is 0.0144. The number of benzene rings is 2. The Morgan fingerprint density at radius 2 is 1.75 bits per heavy atom. The maximum Gasteiger partial charge on any atom is 0.272 e. The molecule has 2 aromatic carbocycles. The van der Waals surface area contributed by atoms with Crippen molar-refractivity contribution in [3.8, 4) is 0 Å². The minimum Gasteiger partial charge on any atom is -0.363 e. The third kappa shape index (κ3) is 6.28. The van der Waals surface area contributed by atoms with Crippen LogP contribution in [-0.2, 0) is 16.0 Å². The number of nitrogens with one attached hydrogen (secondary N) is 1. The number of aromatic nitrogens is 2. The first-order valence-electron chi connectivity index (χ1n) is 20.2. The maximum absolute atomic E-state index is 15.0. The molecule has 2 unspecified atom stereocenters. The van der Waals surface area contributed by atoms with E-state index in [0.29, 0.717) is 55.5 Å². The third-order valence-corrected chi connectivity index (χ3v) is 14.3. The molecule has 278 valence electrons. The molecule has 8 rings (SSSR count). The zero-order valence-corrected chi connectivity index (χ0v) is 31.1. The molecule has 2 saturated heterocycles. The smallest absolute Gasteiger partial charge is 0.272 e. The average Bonchev–Trinajstić information content (AvgIpc) is 3.75. The molecule has 1 N–H and O–H groups in total. The van der Waals surface area contributed by atoms with Gasteiger partial charge >= 0.3 is 0 Å². The van der Waals surface area contributed by atoms with Crippen molar-refractivity contribution in [1.82, 2.24) is 20.0 Å². The summed E-state index contributed by atoms with van der Waals surface area (Å²) in [5.74, 6) is 1.76. The second-order valence-electron chi connectivity index (χ2n) is 17.0. The van der Waals surface area contributed by atoms with Crippen LogP contribution in [0.4, 0.5) is 4.39 Å². The van der Waals surface area contributed by atoms with E-state index in [0.717, 1.165) is 54.4 Å². The maximum atomic E-state index is 15.0. The van der Waals surface area contributed by atoms with Gasteiger partial charge in [0, 0.05) is 44.4 Å². The Bertz CT molecular complexity index is 1890. The monoisotopic (exact) mass is 710 g/mol. The molecular weight excluding hydrogens is 655 g/mol. The molecular formula is C43H55FN4O4. The number of fused-ring (bicyclic) bond motifs is 4. The summed E-state index contributed by atoms with van der Waals surface area (Å²) in [4.78, 5) is 42.7. The molecule has 3 aromatic rings. The van der Waals surface area contributed by atoms with Crippen molar-refractivity contribution in [2.24, 2.45) is 23.2 Å². The topological polar surface area (TPSA) is 98.9 Å². The van der Waals surface area contributed by atoms with Crippen molar-refractivity contribution >= 4 is 22.6 Å². The Kier molecular flexibility index (Phi) is 9.54. The lowest BCUT2D eigenvalue weighted by atomic mass is 9.48. The molecule has 3 saturated carbocycles. The molecule has 52 heavy (non-hydrogen) atoms. The Labute approximate surface area is 306 Å². The summed E-state index contributed by atoms with van der Waals surface area (Å²) in [6.45, 7) is 6.51. The number of hydrogen-bond acceptors (Lipinski definition) is 5. The van der Waals surface area contributed by atoms with Gasteiger partial charge in [0.1, 0.15) is 5.82 Å². The van der Waals surface area contributed by atoms with E-state index in [9.17, 15) is 14.4 Å². The molecule has 0 radical (unpaired) electrons. The predicted molar refractivity (Wildman–Crippen MR) is 199 cm³/mol. The van der Waals surface area contributed by atoms with Crippen molar-refractivity contribution in [2.45, 2.75) is 121 Å². The van der Waals surface area contributed by atoms with Gasteiger partial charge in [-0.25, -0.2) is 9.49 Å². The summed E-state index contributed by atoms with van der Waals surface area (Å²) < 4.78 is 21.9. The second kappa shape index (κ2) is 14.0. The number of aromatic amines is 1. The first-order chi connectivity index (χ1) is 25.2. The molecule has 9 heteroatoms. The molecule has 3 aliphatic carbocycles. The first kappa shape index (κ1) is 35.4. The molecule has 5 aliphatic rings. The van der Waals surface area contributed by atoms with Crippen LogP contribution in [0, 0.1) is 29.0 Å². The highest BCUT2D eigenvalue weighted by molar-refractivity contribution is 5.95. The highest BCUT2D eigenvalue weighted by atomic mass is 19.1. The Balaban J connectivity index is 0.840. The average molecular weight is 711 g/mol. The lowest BCUT2D eigenvalue weighted by molar-refractivity contribution is -0.132. The summed E-state index contributed by atoms with van der Waals surface area (Å²) in [5.41, 5.74) is 1.62. The first-order valence-corrected chi connectivity index (χ1v) is 20.2. The minimum atomic E-state index is -0.572. The SMILES string of the molecule is CCC[C@]1(CCCC(=O)N2CCN(C(=O)c3cc(Cc4n[nH]c(=O)c5ccccc45)ccc3F)CC2)O[C@@]12CCC1[C@@H](CCC3CCCC[C@@]31C)C2.